The van der Waals surface area contributed by atoms with E-state index in [0.717, 1.165) is 24.2 Å². The Morgan fingerprint density at radius 2 is 1.89 bits per heavy atom. The summed E-state index contributed by atoms with van der Waals surface area (Å²) in [7, 11) is 0. The number of halogens is 1. The van der Waals surface area contributed by atoms with E-state index in [1.165, 1.54) is 6.07 Å². The molecule has 0 bridgehead atoms. The van der Waals surface area contributed by atoms with Gasteiger partial charge in [0.1, 0.15) is 11.6 Å². The minimum absolute atomic E-state index is 0.228. The van der Waals surface area contributed by atoms with Crippen molar-refractivity contribution in [1.82, 2.24) is 0 Å². The molecule has 1 aromatic carbocycles. The molecule has 0 saturated carbocycles. The normalized spacial score (nSPS) is 12.7. The zero-order chi connectivity index (χ0) is 14.3. The van der Waals surface area contributed by atoms with Gasteiger partial charge in [-0.3, -0.25) is 0 Å². The molecule has 4 N–H and O–H groups in total. The highest BCUT2D eigenvalue weighted by Gasteiger charge is 2.19. The van der Waals surface area contributed by atoms with Crippen LogP contribution < -0.4 is 16.2 Å². The third kappa shape index (κ3) is 4.48. The Labute approximate surface area is 115 Å². The van der Waals surface area contributed by atoms with E-state index in [1.54, 1.807) is 12.1 Å². The molecule has 0 aliphatic rings. The molecule has 0 amide bonds. The second kappa shape index (κ2) is 8.12. The Morgan fingerprint density at radius 1 is 1.21 bits per heavy atom. The Bertz CT molecular complexity index is 380. The summed E-state index contributed by atoms with van der Waals surface area (Å²) in [5, 5.41) is 0. The maximum atomic E-state index is 13.5. The lowest BCUT2D eigenvalue weighted by atomic mass is 9.86. The lowest BCUT2D eigenvalue weighted by Gasteiger charge is -2.23. The van der Waals surface area contributed by atoms with Crippen molar-refractivity contribution in [2.45, 2.75) is 32.6 Å². The first-order valence-electron chi connectivity index (χ1n) is 6.98. The summed E-state index contributed by atoms with van der Waals surface area (Å²) in [5.41, 5.74) is 12.3. The number of hydrogen-bond acceptors (Lipinski definition) is 3. The molecule has 1 rings (SSSR count). The summed E-state index contributed by atoms with van der Waals surface area (Å²) in [6.45, 7) is 5.72. The number of ether oxygens (including phenoxy) is 1. The van der Waals surface area contributed by atoms with Crippen molar-refractivity contribution in [2.24, 2.45) is 17.4 Å². The van der Waals surface area contributed by atoms with Gasteiger partial charge in [0.05, 0.1) is 6.61 Å². The molecule has 1 aromatic rings. The van der Waals surface area contributed by atoms with Gasteiger partial charge < -0.3 is 16.2 Å². The lowest BCUT2D eigenvalue weighted by molar-refractivity contribution is 0.328. The molecule has 0 aromatic heterocycles. The predicted molar refractivity (Wildman–Crippen MR) is 76.8 cm³/mol. The number of benzene rings is 1. The van der Waals surface area contributed by atoms with Crippen molar-refractivity contribution < 1.29 is 9.13 Å². The Morgan fingerprint density at radius 3 is 2.42 bits per heavy atom. The van der Waals surface area contributed by atoms with Crippen molar-refractivity contribution in [2.75, 3.05) is 19.7 Å². The van der Waals surface area contributed by atoms with Gasteiger partial charge in [-0.25, -0.2) is 4.39 Å². The monoisotopic (exact) mass is 268 g/mol. The summed E-state index contributed by atoms with van der Waals surface area (Å²) in [5.74, 6) is 1.04. The highest BCUT2D eigenvalue weighted by molar-refractivity contribution is 5.37. The number of hydrogen-bond donors (Lipinski definition) is 2. The quantitative estimate of drug-likeness (QED) is 0.762. The molecule has 0 saturated heterocycles. The van der Waals surface area contributed by atoms with Gasteiger partial charge in [0, 0.05) is 5.56 Å². The van der Waals surface area contributed by atoms with Gasteiger partial charge in [-0.1, -0.05) is 6.92 Å². The van der Waals surface area contributed by atoms with Crippen molar-refractivity contribution in [3.8, 4) is 5.75 Å². The lowest BCUT2D eigenvalue weighted by Crippen LogP contribution is -2.25. The van der Waals surface area contributed by atoms with E-state index in [1.807, 2.05) is 6.92 Å². The van der Waals surface area contributed by atoms with Crippen molar-refractivity contribution in [1.29, 1.82) is 0 Å². The highest BCUT2D eigenvalue weighted by Crippen LogP contribution is 2.34. The SMILES string of the molecule is CCOc1ccc(F)cc1C(CC)CC(CN)CN. The average Bonchev–Trinajstić information content (AvgIpc) is 2.43. The van der Waals surface area contributed by atoms with E-state index in [0.29, 0.717) is 19.7 Å². The summed E-state index contributed by atoms with van der Waals surface area (Å²) in [6, 6.07) is 4.71. The number of nitrogens with two attached hydrogens (primary N) is 2. The molecule has 0 aliphatic heterocycles. The Balaban J connectivity index is 2.98. The van der Waals surface area contributed by atoms with Gasteiger partial charge in [-0.05, 0) is 62.9 Å². The molecule has 0 fully saturated rings. The zero-order valence-corrected chi connectivity index (χ0v) is 11.9. The molecular formula is C15H25FN2O. The topological polar surface area (TPSA) is 61.3 Å². The highest BCUT2D eigenvalue weighted by atomic mass is 19.1. The molecule has 0 radical (unpaired) electrons. The first-order chi connectivity index (χ1) is 9.15. The van der Waals surface area contributed by atoms with Crippen LogP contribution in [-0.2, 0) is 0 Å². The second-order valence-corrected chi connectivity index (χ2v) is 4.79. The predicted octanol–water partition coefficient (Wildman–Crippen LogP) is 2.64. The Hall–Kier alpha value is -1.13. The average molecular weight is 268 g/mol. The van der Waals surface area contributed by atoms with Crippen LogP contribution in [0.1, 0.15) is 38.2 Å². The molecule has 1 unspecified atom stereocenters. The maximum absolute atomic E-state index is 13.5. The second-order valence-electron chi connectivity index (χ2n) is 4.79. The van der Waals surface area contributed by atoms with Crippen LogP contribution in [0.15, 0.2) is 18.2 Å². The van der Waals surface area contributed by atoms with E-state index < -0.39 is 0 Å². The van der Waals surface area contributed by atoms with Crippen molar-refractivity contribution in [3.05, 3.63) is 29.6 Å². The van der Waals surface area contributed by atoms with Crippen LogP contribution in [0.5, 0.6) is 5.75 Å². The standard InChI is InChI=1S/C15H25FN2O/c1-3-12(7-11(9-17)10-18)14-8-13(16)5-6-15(14)19-4-2/h5-6,8,11-12H,3-4,7,9-10,17-18H2,1-2H3. The van der Waals surface area contributed by atoms with E-state index in [2.05, 4.69) is 6.92 Å². The fourth-order valence-electron chi connectivity index (χ4n) is 2.33. The molecule has 4 heteroatoms. The fraction of sp³-hybridized carbons (Fsp3) is 0.600. The van der Waals surface area contributed by atoms with Gasteiger partial charge >= 0.3 is 0 Å². The van der Waals surface area contributed by atoms with Crippen LogP contribution in [0.25, 0.3) is 0 Å². The molecular weight excluding hydrogens is 243 g/mol. The zero-order valence-electron chi connectivity index (χ0n) is 11.9. The maximum Gasteiger partial charge on any atom is 0.123 e. The molecule has 19 heavy (non-hydrogen) atoms. The first kappa shape index (κ1) is 15.9. The van der Waals surface area contributed by atoms with Gasteiger partial charge in [-0.15, -0.1) is 0 Å². The van der Waals surface area contributed by atoms with Crippen molar-refractivity contribution in [3.63, 3.8) is 0 Å². The van der Waals surface area contributed by atoms with E-state index >= 15 is 0 Å². The Kier molecular flexibility index (Phi) is 6.81. The number of rotatable bonds is 8. The molecule has 3 nitrogen and oxygen atoms in total. The van der Waals surface area contributed by atoms with E-state index in [-0.39, 0.29) is 17.7 Å². The third-order valence-electron chi connectivity index (χ3n) is 3.49. The van der Waals surface area contributed by atoms with E-state index in [9.17, 15) is 4.39 Å². The summed E-state index contributed by atoms with van der Waals surface area (Å²) in [4.78, 5) is 0. The molecule has 0 aliphatic carbocycles. The van der Waals surface area contributed by atoms with Crippen molar-refractivity contribution >= 4 is 0 Å². The van der Waals surface area contributed by atoms with Crippen LogP contribution >= 0.6 is 0 Å². The van der Waals surface area contributed by atoms with E-state index in [4.69, 9.17) is 16.2 Å². The van der Waals surface area contributed by atoms with Crippen LogP contribution in [0.2, 0.25) is 0 Å². The van der Waals surface area contributed by atoms with Gasteiger partial charge in [0.2, 0.25) is 0 Å². The van der Waals surface area contributed by atoms with Crippen LogP contribution in [0, 0.1) is 11.7 Å². The minimum atomic E-state index is -0.228. The fourth-order valence-corrected chi connectivity index (χ4v) is 2.33. The molecule has 0 spiro atoms. The smallest absolute Gasteiger partial charge is 0.123 e. The van der Waals surface area contributed by atoms with Crippen LogP contribution in [-0.4, -0.2) is 19.7 Å². The minimum Gasteiger partial charge on any atom is -0.494 e. The summed E-state index contributed by atoms with van der Waals surface area (Å²) in [6.07, 6.45) is 1.78. The summed E-state index contributed by atoms with van der Waals surface area (Å²) < 4.78 is 19.1. The largest absolute Gasteiger partial charge is 0.494 e. The van der Waals surface area contributed by atoms with Gasteiger partial charge in [-0.2, -0.15) is 0 Å². The summed E-state index contributed by atoms with van der Waals surface area (Å²) >= 11 is 0. The van der Waals surface area contributed by atoms with Gasteiger partial charge in [0.15, 0.2) is 0 Å². The first-order valence-corrected chi connectivity index (χ1v) is 6.98. The molecule has 108 valence electrons. The van der Waals surface area contributed by atoms with Crippen LogP contribution in [0.3, 0.4) is 0 Å². The van der Waals surface area contributed by atoms with Gasteiger partial charge in [0.25, 0.3) is 0 Å². The molecule has 0 heterocycles. The van der Waals surface area contributed by atoms with Crippen LogP contribution in [0.4, 0.5) is 4.39 Å². The third-order valence-corrected chi connectivity index (χ3v) is 3.49. The molecule has 1 atom stereocenters.